The van der Waals surface area contributed by atoms with Gasteiger partial charge >= 0.3 is 0 Å². The van der Waals surface area contributed by atoms with Crippen LogP contribution in [0.5, 0.6) is 5.75 Å². The lowest BCUT2D eigenvalue weighted by Crippen LogP contribution is -2.22. The maximum atomic E-state index is 14.4. The largest absolute Gasteiger partial charge is 0.497 e. The second-order valence-corrected chi connectivity index (χ2v) is 7.08. The van der Waals surface area contributed by atoms with Gasteiger partial charge in [0.05, 0.1) is 12.8 Å². The van der Waals surface area contributed by atoms with E-state index in [1.807, 2.05) is 18.2 Å². The van der Waals surface area contributed by atoms with Crippen LogP contribution in [0.3, 0.4) is 0 Å². The van der Waals surface area contributed by atoms with Crippen molar-refractivity contribution in [1.29, 1.82) is 0 Å². The molecule has 0 aliphatic carbocycles. The number of methoxy groups -OCH3 is 1. The minimum atomic E-state index is -0.433. The SMILES string of the molecule is COc1ccc(-c2ccn(-c3ccc4c5c(oc4c3)CCNC5)c(=O)c2)c(F)c1.Cl. The van der Waals surface area contributed by atoms with E-state index in [1.165, 1.54) is 29.4 Å². The number of fused-ring (bicyclic) bond motifs is 3. The van der Waals surface area contributed by atoms with E-state index in [9.17, 15) is 9.18 Å². The summed E-state index contributed by atoms with van der Waals surface area (Å²) in [7, 11) is 1.48. The lowest BCUT2D eigenvalue weighted by atomic mass is 10.1. The molecule has 0 radical (unpaired) electrons. The number of rotatable bonds is 3. The molecule has 2 aromatic heterocycles. The van der Waals surface area contributed by atoms with Gasteiger partial charge in [0, 0.05) is 60.4 Å². The molecule has 0 atom stereocenters. The van der Waals surface area contributed by atoms with Crippen LogP contribution < -0.4 is 15.6 Å². The quantitative estimate of drug-likeness (QED) is 0.525. The van der Waals surface area contributed by atoms with Gasteiger partial charge in [-0.2, -0.15) is 0 Å². The van der Waals surface area contributed by atoms with Gasteiger partial charge in [-0.05, 0) is 35.9 Å². The first-order valence-corrected chi connectivity index (χ1v) is 9.46. The highest BCUT2D eigenvalue weighted by Crippen LogP contribution is 2.30. The zero-order chi connectivity index (χ0) is 20.0. The van der Waals surface area contributed by atoms with Crippen molar-refractivity contribution in [3.63, 3.8) is 0 Å². The van der Waals surface area contributed by atoms with E-state index in [0.29, 0.717) is 22.6 Å². The molecule has 5 rings (SSSR count). The first-order valence-electron chi connectivity index (χ1n) is 9.46. The molecular weight excluding hydrogens is 407 g/mol. The van der Waals surface area contributed by atoms with Gasteiger partial charge in [-0.25, -0.2) is 4.39 Å². The third kappa shape index (κ3) is 3.38. The fourth-order valence-electron chi connectivity index (χ4n) is 3.87. The summed E-state index contributed by atoms with van der Waals surface area (Å²) in [4.78, 5) is 12.8. The molecule has 3 heterocycles. The average molecular weight is 427 g/mol. The van der Waals surface area contributed by atoms with Gasteiger partial charge in [-0.1, -0.05) is 0 Å². The summed E-state index contributed by atoms with van der Waals surface area (Å²) in [6, 6.07) is 13.5. The van der Waals surface area contributed by atoms with Crippen LogP contribution >= 0.6 is 12.4 Å². The summed E-state index contributed by atoms with van der Waals surface area (Å²) >= 11 is 0. The third-order valence-electron chi connectivity index (χ3n) is 5.38. The Kier molecular flexibility index (Phi) is 5.37. The highest BCUT2D eigenvalue weighted by Gasteiger charge is 2.18. The summed E-state index contributed by atoms with van der Waals surface area (Å²) in [6.45, 7) is 1.70. The van der Waals surface area contributed by atoms with E-state index in [-0.39, 0.29) is 18.0 Å². The number of nitrogens with zero attached hydrogens (tertiary/aromatic N) is 1. The minimum absolute atomic E-state index is 0. The molecule has 154 valence electrons. The second kappa shape index (κ2) is 7.97. The van der Waals surface area contributed by atoms with E-state index in [0.717, 1.165) is 36.2 Å². The summed E-state index contributed by atoms with van der Waals surface area (Å²) in [5.74, 6) is 1.01. The maximum Gasteiger partial charge on any atom is 0.255 e. The molecule has 0 spiro atoms. The van der Waals surface area contributed by atoms with Gasteiger partial charge < -0.3 is 14.5 Å². The Morgan fingerprint density at radius 3 is 2.77 bits per heavy atom. The van der Waals surface area contributed by atoms with Gasteiger partial charge in [0.25, 0.3) is 5.56 Å². The van der Waals surface area contributed by atoms with Gasteiger partial charge in [0.1, 0.15) is 22.9 Å². The normalized spacial score (nSPS) is 13.0. The molecule has 1 N–H and O–H groups in total. The zero-order valence-corrected chi connectivity index (χ0v) is 17.1. The van der Waals surface area contributed by atoms with Crippen molar-refractivity contribution in [2.45, 2.75) is 13.0 Å². The molecule has 0 unspecified atom stereocenters. The van der Waals surface area contributed by atoms with Crippen molar-refractivity contribution < 1.29 is 13.5 Å². The lowest BCUT2D eigenvalue weighted by molar-refractivity contribution is 0.411. The first-order chi connectivity index (χ1) is 14.1. The number of aromatic nitrogens is 1. The van der Waals surface area contributed by atoms with Crippen molar-refractivity contribution >= 4 is 23.4 Å². The van der Waals surface area contributed by atoms with Gasteiger partial charge in [0.15, 0.2) is 0 Å². The molecule has 1 aliphatic heterocycles. The van der Waals surface area contributed by atoms with E-state index >= 15 is 0 Å². The van der Waals surface area contributed by atoms with Crippen LogP contribution in [-0.2, 0) is 13.0 Å². The highest BCUT2D eigenvalue weighted by molar-refractivity contribution is 5.85. The van der Waals surface area contributed by atoms with Crippen molar-refractivity contribution in [2.24, 2.45) is 0 Å². The third-order valence-corrected chi connectivity index (χ3v) is 5.38. The predicted octanol–water partition coefficient (Wildman–Crippen LogP) is 4.47. The Balaban J connectivity index is 0.00000218. The molecule has 4 aromatic rings. The van der Waals surface area contributed by atoms with E-state index in [2.05, 4.69) is 5.32 Å². The fraction of sp³-hybridized carbons (Fsp3) is 0.174. The maximum absolute atomic E-state index is 14.4. The number of hydrogen-bond donors (Lipinski definition) is 1. The predicted molar refractivity (Wildman–Crippen MR) is 116 cm³/mol. The van der Waals surface area contributed by atoms with Crippen LogP contribution in [0.15, 0.2) is 63.9 Å². The van der Waals surface area contributed by atoms with Crippen LogP contribution in [0.25, 0.3) is 27.8 Å². The number of ether oxygens (including phenoxy) is 1. The van der Waals surface area contributed by atoms with Gasteiger partial charge in [-0.3, -0.25) is 9.36 Å². The number of hydrogen-bond acceptors (Lipinski definition) is 4. The van der Waals surface area contributed by atoms with E-state index in [1.54, 1.807) is 24.4 Å². The van der Waals surface area contributed by atoms with Crippen LogP contribution in [0.4, 0.5) is 4.39 Å². The van der Waals surface area contributed by atoms with Crippen LogP contribution in [0.2, 0.25) is 0 Å². The molecule has 0 bridgehead atoms. The molecule has 2 aromatic carbocycles. The Bertz CT molecular complexity index is 1300. The van der Waals surface area contributed by atoms with Crippen LogP contribution in [-0.4, -0.2) is 18.2 Å². The van der Waals surface area contributed by atoms with Crippen LogP contribution in [0.1, 0.15) is 11.3 Å². The molecule has 0 amide bonds. The lowest BCUT2D eigenvalue weighted by Gasteiger charge is -2.11. The van der Waals surface area contributed by atoms with E-state index < -0.39 is 5.82 Å². The fourth-order valence-corrected chi connectivity index (χ4v) is 3.87. The minimum Gasteiger partial charge on any atom is -0.497 e. The number of furan rings is 1. The van der Waals surface area contributed by atoms with Gasteiger partial charge in [0.2, 0.25) is 0 Å². The summed E-state index contributed by atoms with van der Waals surface area (Å²) in [5, 5.41) is 4.42. The number of pyridine rings is 1. The van der Waals surface area contributed by atoms with Crippen molar-refractivity contribution in [3.8, 4) is 22.6 Å². The average Bonchev–Trinajstić information content (AvgIpc) is 3.11. The van der Waals surface area contributed by atoms with Crippen molar-refractivity contribution in [2.75, 3.05) is 13.7 Å². The smallest absolute Gasteiger partial charge is 0.255 e. The molecule has 7 heteroatoms. The second-order valence-electron chi connectivity index (χ2n) is 7.08. The monoisotopic (exact) mass is 426 g/mol. The number of nitrogens with one attached hydrogen (secondary N) is 1. The molecule has 5 nitrogen and oxygen atoms in total. The van der Waals surface area contributed by atoms with Crippen molar-refractivity contribution in [1.82, 2.24) is 9.88 Å². The molecule has 1 aliphatic rings. The molecule has 30 heavy (non-hydrogen) atoms. The molecule has 0 fully saturated rings. The van der Waals surface area contributed by atoms with Gasteiger partial charge in [-0.15, -0.1) is 12.4 Å². The Hall–Kier alpha value is -3.09. The summed E-state index contributed by atoms with van der Waals surface area (Å²) in [5.41, 5.74) is 3.31. The zero-order valence-electron chi connectivity index (χ0n) is 16.3. The van der Waals surface area contributed by atoms with E-state index in [4.69, 9.17) is 9.15 Å². The van der Waals surface area contributed by atoms with Crippen molar-refractivity contribution in [3.05, 3.63) is 82.2 Å². The van der Waals surface area contributed by atoms with Crippen LogP contribution in [0, 0.1) is 5.82 Å². The number of halogens is 2. The Morgan fingerprint density at radius 1 is 1.13 bits per heavy atom. The standard InChI is InChI=1S/C23H19FN2O3.ClH/c1-28-16-3-5-17(20(24)12-16)14-7-9-26(23(27)10-14)15-2-4-18-19-13-25-8-6-21(19)29-22(18)11-15;/h2-5,7,9-12,25H,6,8,13H2,1H3;1H. The Morgan fingerprint density at radius 2 is 2.00 bits per heavy atom. The molecule has 0 saturated heterocycles. The summed E-state index contributed by atoms with van der Waals surface area (Å²) < 4.78 is 26.9. The Labute approximate surface area is 178 Å². The topological polar surface area (TPSA) is 56.4 Å². The highest BCUT2D eigenvalue weighted by atomic mass is 35.5. The molecule has 0 saturated carbocycles. The molecular formula is C23H20ClFN2O3. The number of benzene rings is 2. The summed E-state index contributed by atoms with van der Waals surface area (Å²) in [6.07, 6.45) is 2.52. The first kappa shape index (κ1) is 20.2.